The molecule has 2 atom stereocenters. The van der Waals surface area contributed by atoms with Crippen molar-refractivity contribution < 1.29 is 9.53 Å². The number of carbonyl (C=O) groups excluding carboxylic acids is 1. The quantitative estimate of drug-likeness (QED) is 0.907. The van der Waals surface area contributed by atoms with Crippen molar-refractivity contribution in [3.05, 3.63) is 32.9 Å². The van der Waals surface area contributed by atoms with Gasteiger partial charge in [-0.3, -0.25) is 14.7 Å². The molecule has 0 spiro atoms. The molecule has 2 heterocycles. The molecule has 24 heavy (non-hydrogen) atoms. The summed E-state index contributed by atoms with van der Waals surface area (Å²) >= 11 is 12.8. The van der Waals surface area contributed by atoms with E-state index in [0.717, 1.165) is 30.6 Å². The van der Waals surface area contributed by atoms with E-state index in [4.69, 9.17) is 38.7 Å². The van der Waals surface area contributed by atoms with Gasteiger partial charge < -0.3 is 10.5 Å². The van der Waals surface area contributed by atoms with Gasteiger partial charge in [0.2, 0.25) is 5.91 Å². The van der Waals surface area contributed by atoms with Crippen molar-refractivity contribution in [2.24, 2.45) is 11.7 Å². The molecule has 1 aromatic heterocycles. The van der Waals surface area contributed by atoms with E-state index in [-0.39, 0.29) is 17.7 Å². The summed E-state index contributed by atoms with van der Waals surface area (Å²) in [7, 11) is 3.63. The number of aromatic nitrogens is 1. The molecule has 1 amide bonds. The molecular weight excluding hydrogens is 349 g/mol. The molecule has 0 radical (unpaired) electrons. The van der Waals surface area contributed by atoms with Gasteiger partial charge in [-0.15, -0.1) is 0 Å². The molecule has 4 rings (SSSR count). The van der Waals surface area contributed by atoms with Gasteiger partial charge in [0.25, 0.3) is 0 Å². The van der Waals surface area contributed by atoms with Crippen molar-refractivity contribution in [3.63, 3.8) is 0 Å². The predicted molar refractivity (Wildman–Crippen MR) is 93.5 cm³/mol. The Balaban J connectivity index is 1.98. The Hall–Kier alpha value is -1.56. The van der Waals surface area contributed by atoms with Crippen LogP contribution in [0, 0.1) is 5.92 Å². The predicted octanol–water partition coefficient (Wildman–Crippen LogP) is 3.08. The first-order valence-corrected chi connectivity index (χ1v) is 8.53. The van der Waals surface area contributed by atoms with Gasteiger partial charge >= 0.3 is 0 Å². The minimum Gasteiger partial charge on any atom is -0.495 e. The van der Waals surface area contributed by atoms with Crippen molar-refractivity contribution in [1.29, 1.82) is 0 Å². The second-order valence-corrected chi connectivity index (χ2v) is 7.34. The van der Waals surface area contributed by atoms with E-state index in [9.17, 15) is 4.79 Å². The van der Waals surface area contributed by atoms with Gasteiger partial charge in [0, 0.05) is 36.0 Å². The Morgan fingerprint density at radius 3 is 2.67 bits per heavy atom. The molecule has 2 aliphatic rings. The zero-order valence-electron chi connectivity index (χ0n) is 13.4. The van der Waals surface area contributed by atoms with Gasteiger partial charge in [-0.2, -0.15) is 0 Å². The van der Waals surface area contributed by atoms with Crippen LogP contribution in [0.25, 0.3) is 10.9 Å². The summed E-state index contributed by atoms with van der Waals surface area (Å²) in [6.07, 6.45) is 0.755. The molecule has 126 valence electrons. The highest BCUT2D eigenvalue weighted by atomic mass is 35.5. The highest BCUT2D eigenvalue weighted by molar-refractivity contribution is 6.46. The van der Waals surface area contributed by atoms with Crippen LogP contribution in [0.2, 0.25) is 10.0 Å². The lowest BCUT2D eigenvalue weighted by atomic mass is 9.99. The number of methoxy groups -OCH3 is 1. The van der Waals surface area contributed by atoms with Gasteiger partial charge in [0.15, 0.2) is 0 Å². The van der Waals surface area contributed by atoms with Crippen LogP contribution in [0.3, 0.4) is 0 Å². The number of primary amides is 1. The zero-order chi connectivity index (χ0) is 17.2. The smallest absolute Gasteiger partial charge is 0.221 e. The Labute approximate surface area is 149 Å². The van der Waals surface area contributed by atoms with Gasteiger partial charge in [-0.25, -0.2) is 0 Å². The van der Waals surface area contributed by atoms with E-state index in [1.807, 2.05) is 6.07 Å². The maximum atomic E-state index is 11.5. The average Bonchev–Trinajstić information content (AvgIpc) is 3.24. The molecule has 1 aromatic carbocycles. The average molecular weight is 366 g/mol. The summed E-state index contributed by atoms with van der Waals surface area (Å²) in [6, 6.07) is 1.90. The first kappa shape index (κ1) is 15.9. The maximum absolute atomic E-state index is 11.5. The Bertz CT molecular complexity index is 884. The van der Waals surface area contributed by atoms with E-state index in [1.165, 1.54) is 11.1 Å². The lowest BCUT2D eigenvalue weighted by Gasteiger charge is -2.14. The largest absolute Gasteiger partial charge is 0.495 e. The molecule has 5 nitrogen and oxygen atoms in total. The fraction of sp³-hybridized carbons (Fsp3) is 0.412. The molecule has 2 aromatic rings. The summed E-state index contributed by atoms with van der Waals surface area (Å²) < 4.78 is 5.34. The number of rotatable bonds is 3. The summed E-state index contributed by atoms with van der Waals surface area (Å²) in [5.41, 5.74) is 9.43. The third-order valence-electron chi connectivity index (χ3n) is 4.96. The van der Waals surface area contributed by atoms with Crippen molar-refractivity contribution in [3.8, 4) is 5.75 Å². The topological polar surface area (TPSA) is 68.5 Å². The van der Waals surface area contributed by atoms with Crippen LogP contribution in [0.15, 0.2) is 6.07 Å². The van der Waals surface area contributed by atoms with Crippen LogP contribution in [0.1, 0.15) is 29.2 Å². The highest BCUT2D eigenvalue weighted by Gasteiger charge is 2.46. The minimum absolute atomic E-state index is 0.0871. The fourth-order valence-electron chi connectivity index (χ4n) is 3.66. The number of pyridine rings is 1. The molecule has 1 aliphatic heterocycles. The van der Waals surface area contributed by atoms with Crippen molar-refractivity contribution in [2.75, 3.05) is 14.2 Å². The van der Waals surface area contributed by atoms with E-state index in [2.05, 4.69) is 11.9 Å². The number of nitrogens with two attached hydrogens (primary N) is 1. The highest BCUT2D eigenvalue weighted by Crippen LogP contribution is 2.51. The van der Waals surface area contributed by atoms with E-state index in [1.54, 1.807) is 7.11 Å². The Morgan fingerprint density at radius 2 is 2.04 bits per heavy atom. The SMILES string of the molecule is COc1cc2c3c(c(C4CC4C(N)=O)nc2c(Cl)c1Cl)CN(C)C3. The fourth-order valence-corrected chi connectivity index (χ4v) is 4.12. The molecule has 2 unspecified atom stereocenters. The zero-order valence-corrected chi connectivity index (χ0v) is 14.9. The van der Waals surface area contributed by atoms with Crippen LogP contribution in [0.4, 0.5) is 0 Å². The number of amides is 1. The van der Waals surface area contributed by atoms with E-state index < -0.39 is 0 Å². The van der Waals surface area contributed by atoms with Crippen molar-refractivity contribution >= 4 is 40.0 Å². The maximum Gasteiger partial charge on any atom is 0.221 e. The summed E-state index contributed by atoms with van der Waals surface area (Å²) in [5.74, 6) is 0.240. The lowest BCUT2D eigenvalue weighted by Crippen LogP contribution is -2.14. The first-order chi connectivity index (χ1) is 11.4. The minimum atomic E-state index is -0.263. The van der Waals surface area contributed by atoms with Crippen molar-refractivity contribution in [2.45, 2.75) is 25.4 Å². The van der Waals surface area contributed by atoms with E-state index >= 15 is 0 Å². The molecule has 2 N–H and O–H groups in total. The standard InChI is InChI=1S/C17H17Cl2N3O2/c1-22-5-10-8-4-12(24-2)13(18)14(19)16(8)21-15(11(10)6-22)7-3-9(7)17(20)23/h4,7,9H,3,5-6H2,1-2H3,(H2,20,23). The van der Waals surface area contributed by atoms with Gasteiger partial charge in [-0.1, -0.05) is 23.2 Å². The van der Waals surface area contributed by atoms with Crippen molar-refractivity contribution in [1.82, 2.24) is 9.88 Å². The van der Waals surface area contributed by atoms with E-state index in [0.29, 0.717) is 21.3 Å². The van der Waals surface area contributed by atoms with Crippen LogP contribution >= 0.6 is 23.2 Å². The number of halogens is 2. The summed E-state index contributed by atoms with van der Waals surface area (Å²) in [4.78, 5) is 18.5. The number of benzene rings is 1. The summed E-state index contributed by atoms with van der Waals surface area (Å²) in [6.45, 7) is 1.61. The van der Waals surface area contributed by atoms with Crippen LogP contribution in [-0.4, -0.2) is 29.9 Å². The molecule has 7 heteroatoms. The normalized spacial score (nSPS) is 22.7. The van der Waals surface area contributed by atoms with Gasteiger partial charge in [-0.05, 0) is 30.7 Å². The number of fused-ring (bicyclic) bond motifs is 3. The molecule has 0 saturated heterocycles. The Morgan fingerprint density at radius 1 is 1.33 bits per heavy atom. The third kappa shape index (κ3) is 2.26. The van der Waals surface area contributed by atoms with Gasteiger partial charge in [0.1, 0.15) is 10.8 Å². The molecular formula is C17H17Cl2N3O2. The number of nitrogens with zero attached hydrogens (tertiary/aromatic N) is 2. The second kappa shape index (κ2) is 5.48. The number of ether oxygens (including phenoxy) is 1. The Kier molecular flexibility index (Phi) is 3.64. The van der Waals surface area contributed by atoms with Crippen LogP contribution < -0.4 is 10.5 Å². The molecule has 0 bridgehead atoms. The van der Waals surface area contributed by atoms with Gasteiger partial charge in [0.05, 0.1) is 17.6 Å². The number of hydrogen-bond acceptors (Lipinski definition) is 4. The first-order valence-electron chi connectivity index (χ1n) is 7.77. The third-order valence-corrected chi connectivity index (χ3v) is 5.80. The second-order valence-electron chi connectivity index (χ2n) is 6.58. The van der Waals surface area contributed by atoms with Crippen LogP contribution in [-0.2, 0) is 17.9 Å². The summed E-state index contributed by atoms with van der Waals surface area (Å²) in [5, 5.41) is 1.71. The molecule has 1 saturated carbocycles. The lowest BCUT2D eigenvalue weighted by molar-refractivity contribution is -0.119. The number of carbonyl (C=O) groups is 1. The molecule has 1 aliphatic carbocycles. The number of hydrogen-bond donors (Lipinski definition) is 1. The molecule has 1 fully saturated rings. The monoisotopic (exact) mass is 365 g/mol. The van der Waals surface area contributed by atoms with Crippen LogP contribution in [0.5, 0.6) is 5.75 Å².